The van der Waals surface area contributed by atoms with E-state index in [4.69, 9.17) is 0 Å². The fraction of sp³-hybridized carbons (Fsp3) is 1.00. The van der Waals surface area contributed by atoms with Crippen LogP contribution in [0.3, 0.4) is 0 Å². The van der Waals surface area contributed by atoms with E-state index >= 15 is 0 Å². The Balaban J connectivity index is 2.35. The molecule has 0 aliphatic carbocycles. The molecule has 0 aromatic rings. The van der Waals surface area contributed by atoms with Crippen LogP contribution in [0.5, 0.6) is 0 Å². The third kappa shape index (κ3) is 3.79. The highest BCUT2D eigenvalue weighted by Gasteiger charge is 2.31. The molecule has 1 fully saturated rings. The second-order valence-electron chi connectivity index (χ2n) is 5.47. The summed E-state index contributed by atoms with van der Waals surface area (Å²) in [6.45, 7) is 12.0. The van der Waals surface area contributed by atoms with Gasteiger partial charge in [-0.2, -0.15) is 0 Å². The maximum atomic E-state index is 2.67. The number of unbranched alkanes of at least 4 members (excludes halogenated alkanes) is 2. The van der Waals surface area contributed by atoms with Crippen molar-refractivity contribution in [3.8, 4) is 0 Å². The molecule has 0 saturated carbocycles. The Labute approximate surface area is 96.2 Å². The summed E-state index contributed by atoms with van der Waals surface area (Å²) in [6, 6.07) is 0.746. The molecule has 1 heterocycles. The molecule has 0 bridgehead atoms. The minimum absolute atomic E-state index is 0.746. The van der Waals surface area contributed by atoms with E-state index in [2.05, 4.69) is 32.6 Å². The van der Waals surface area contributed by atoms with Crippen LogP contribution in [0, 0.1) is 11.8 Å². The van der Waals surface area contributed by atoms with E-state index in [9.17, 15) is 0 Å². The minimum atomic E-state index is 0.746. The summed E-state index contributed by atoms with van der Waals surface area (Å²) >= 11 is 0. The smallest absolute Gasteiger partial charge is 0.00388 e. The standard InChI is InChI=1S/C14H29N/c1-5-7-8-9-14-11-15(12(3)4)10-13(14)6-2/h12-14H,5-11H2,1-4H3. The van der Waals surface area contributed by atoms with Crippen molar-refractivity contribution in [2.75, 3.05) is 13.1 Å². The summed E-state index contributed by atoms with van der Waals surface area (Å²) < 4.78 is 0. The first kappa shape index (κ1) is 13.0. The molecule has 0 radical (unpaired) electrons. The van der Waals surface area contributed by atoms with Gasteiger partial charge < -0.3 is 4.90 Å². The number of likely N-dealkylation sites (tertiary alicyclic amines) is 1. The molecule has 90 valence electrons. The SMILES string of the molecule is CCCCCC1CN(C(C)C)CC1CC. The predicted molar refractivity (Wildman–Crippen MR) is 68.1 cm³/mol. The van der Waals surface area contributed by atoms with Crippen molar-refractivity contribution in [1.29, 1.82) is 0 Å². The molecule has 0 aromatic heterocycles. The molecule has 1 nitrogen and oxygen atoms in total. The van der Waals surface area contributed by atoms with Crippen molar-refractivity contribution in [2.45, 2.75) is 65.8 Å². The molecule has 0 aromatic carbocycles. The van der Waals surface area contributed by atoms with Gasteiger partial charge in [-0.25, -0.2) is 0 Å². The molecular formula is C14H29N. The highest BCUT2D eigenvalue weighted by molar-refractivity contribution is 4.84. The zero-order valence-electron chi connectivity index (χ0n) is 11.1. The average Bonchev–Trinajstić information content (AvgIpc) is 2.62. The number of nitrogens with zero attached hydrogens (tertiary/aromatic N) is 1. The molecule has 1 aliphatic rings. The predicted octanol–water partition coefficient (Wildman–Crippen LogP) is 3.93. The van der Waals surface area contributed by atoms with Gasteiger partial charge in [0.25, 0.3) is 0 Å². The van der Waals surface area contributed by atoms with Gasteiger partial charge in [-0.15, -0.1) is 0 Å². The second kappa shape index (κ2) is 6.52. The summed E-state index contributed by atoms with van der Waals surface area (Å²) in [4.78, 5) is 2.67. The summed E-state index contributed by atoms with van der Waals surface area (Å²) in [5.41, 5.74) is 0. The number of rotatable bonds is 6. The third-order valence-corrected chi connectivity index (χ3v) is 4.04. The molecular weight excluding hydrogens is 182 g/mol. The van der Waals surface area contributed by atoms with Crippen LogP contribution in [-0.4, -0.2) is 24.0 Å². The van der Waals surface area contributed by atoms with Gasteiger partial charge in [-0.3, -0.25) is 0 Å². The molecule has 0 spiro atoms. The van der Waals surface area contributed by atoms with Crippen molar-refractivity contribution in [2.24, 2.45) is 11.8 Å². The first-order valence-corrected chi connectivity index (χ1v) is 6.93. The lowest BCUT2D eigenvalue weighted by Gasteiger charge is -2.20. The Bertz CT molecular complexity index is 165. The summed E-state index contributed by atoms with van der Waals surface area (Å²) in [5.74, 6) is 1.97. The Hall–Kier alpha value is -0.0400. The van der Waals surface area contributed by atoms with Crippen LogP contribution in [0.4, 0.5) is 0 Å². The molecule has 0 N–H and O–H groups in total. The molecule has 1 heteroatoms. The zero-order chi connectivity index (χ0) is 11.3. The van der Waals surface area contributed by atoms with Crippen LogP contribution in [0.2, 0.25) is 0 Å². The van der Waals surface area contributed by atoms with E-state index in [-0.39, 0.29) is 0 Å². The Morgan fingerprint density at radius 3 is 2.27 bits per heavy atom. The van der Waals surface area contributed by atoms with E-state index in [0.29, 0.717) is 0 Å². The maximum Gasteiger partial charge on any atom is 0.00388 e. The van der Waals surface area contributed by atoms with Gasteiger partial charge in [0.1, 0.15) is 0 Å². The fourth-order valence-corrected chi connectivity index (χ4v) is 2.84. The Kier molecular flexibility index (Phi) is 5.66. The summed E-state index contributed by atoms with van der Waals surface area (Å²) in [7, 11) is 0. The lowest BCUT2D eigenvalue weighted by Crippen LogP contribution is -2.28. The van der Waals surface area contributed by atoms with E-state index in [1.807, 2.05) is 0 Å². The van der Waals surface area contributed by atoms with Crippen LogP contribution < -0.4 is 0 Å². The van der Waals surface area contributed by atoms with Crippen LogP contribution in [-0.2, 0) is 0 Å². The van der Waals surface area contributed by atoms with E-state index < -0.39 is 0 Å². The van der Waals surface area contributed by atoms with Crippen LogP contribution >= 0.6 is 0 Å². The maximum absolute atomic E-state index is 2.67. The lowest BCUT2D eigenvalue weighted by molar-refractivity contribution is 0.259. The first-order chi connectivity index (χ1) is 7.19. The van der Waals surface area contributed by atoms with Crippen molar-refractivity contribution in [1.82, 2.24) is 4.90 Å². The third-order valence-electron chi connectivity index (χ3n) is 4.04. The Morgan fingerprint density at radius 1 is 1.07 bits per heavy atom. The molecule has 2 atom stereocenters. The lowest BCUT2D eigenvalue weighted by atomic mass is 9.89. The largest absolute Gasteiger partial charge is 0.300 e. The van der Waals surface area contributed by atoms with E-state index in [1.165, 1.54) is 45.2 Å². The number of hydrogen-bond acceptors (Lipinski definition) is 1. The van der Waals surface area contributed by atoms with Crippen molar-refractivity contribution < 1.29 is 0 Å². The van der Waals surface area contributed by atoms with Crippen molar-refractivity contribution in [3.63, 3.8) is 0 Å². The monoisotopic (exact) mass is 211 g/mol. The summed E-state index contributed by atoms with van der Waals surface area (Å²) in [6.07, 6.45) is 7.07. The van der Waals surface area contributed by atoms with Crippen LogP contribution in [0.15, 0.2) is 0 Å². The quantitative estimate of drug-likeness (QED) is 0.602. The average molecular weight is 211 g/mol. The molecule has 1 rings (SSSR count). The van der Waals surface area contributed by atoms with Gasteiger partial charge in [0.05, 0.1) is 0 Å². The molecule has 1 aliphatic heterocycles. The topological polar surface area (TPSA) is 3.24 Å². The van der Waals surface area contributed by atoms with Gasteiger partial charge >= 0.3 is 0 Å². The van der Waals surface area contributed by atoms with Gasteiger partial charge in [-0.1, -0.05) is 39.5 Å². The van der Waals surface area contributed by atoms with Gasteiger partial charge in [-0.05, 0) is 32.1 Å². The van der Waals surface area contributed by atoms with E-state index in [0.717, 1.165) is 17.9 Å². The highest BCUT2D eigenvalue weighted by Crippen LogP contribution is 2.31. The molecule has 1 saturated heterocycles. The minimum Gasteiger partial charge on any atom is -0.300 e. The number of hydrogen-bond donors (Lipinski definition) is 0. The second-order valence-corrected chi connectivity index (χ2v) is 5.47. The van der Waals surface area contributed by atoms with Crippen molar-refractivity contribution in [3.05, 3.63) is 0 Å². The van der Waals surface area contributed by atoms with E-state index in [1.54, 1.807) is 0 Å². The van der Waals surface area contributed by atoms with Crippen LogP contribution in [0.25, 0.3) is 0 Å². The van der Waals surface area contributed by atoms with Gasteiger partial charge in [0.15, 0.2) is 0 Å². The Morgan fingerprint density at radius 2 is 1.73 bits per heavy atom. The normalized spacial score (nSPS) is 27.8. The van der Waals surface area contributed by atoms with Crippen molar-refractivity contribution >= 4 is 0 Å². The molecule has 15 heavy (non-hydrogen) atoms. The van der Waals surface area contributed by atoms with Crippen LogP contribution in [0.1, 0.15) is 59.8 Å². The molecule has 2 unspecified atom stereocenters. The van der Waals surface area contributed by atoms with Gasteiger partial charge in [0, 0.05) is 19.1 Å². The fourth-order valence-electron chi connectivity index (χ4n) is 2.84. The highest BCUT2D eigenvalue weighted by atomic mass is 15.2. The zero-order valence-corrected chi connectivity index (χ0v) is 11.1. The summed E-state index contributed by atoms with van der Waals surface area (Å²) in [5, 5.41) is 0. The van der Waals surface area contributed by atoms with Gasteiger partial charge in [0.2, 0.25) is 0 Å². The first-order valence-electron chi connectivity index (χ1n) is 6.93. The molecule has 0 amide bonds.